The van der Waals surface area contributed by atoms with E-state index in [4.69, 9.17) is 11.6 Å². The van der Waals surface area contributed by atoms with Gasteiger partial charge >= 0.3 is 5.97 Å². The summed E-state index contributed by atoms with van der Waals surface area (Å²) in [6, 6.07) is 5.40. The number of ketones is 1. The average Bonchev–Trinajstić information content (AvgIpc) is 2.86. The van der Waals surface area contributed by atoms with Crippen LogP contribution in [0, 0.1) is 6.92 Å². The number of halogens is 1. The number of anilines is 2. The van der Waals surface area contributed by atoms with Crippen molar-refractivity contribution >= 4 is 45.5 Å². The molecule has 0 aliphatic heterocycles. The van der Waals surface area contributed by atoms with E-state index in [1.54, 1.807) is 12.1 Å². The van der Waals surface area contributed by atoms with Crippen LogP contribution in [0.2, 0.25) is 5.02 Å². The van der Waals surface area contributed by atoms with Crippen molar-refractivity contribution in [1.29, 1.82) is 0 Å². The predicted octanol–water partition coefficient (Wildman–Crippen LogP) is 3.84. The fourth-order valence-corrected chi connectivity index (χ4v) is 2.72. The van der Waals surface area contributed by atoms with Gasteiger partial charge in [0.05, 0.1) is 7.11 Å². The van der Waals surface area contributed by atoms with Gasteiger partial charge in [-0.05, 0) is 24.6 Å². The number of methoxy groups -OCH3 is 1. The number of nitrogens with zero attached hydrogens (tertiary/aromatic N) is 1. The van der Waals surface area contributed by atoms with Crippen LogP contribution >= 0.6 is 22.9 Å². The lowest BCUT2D eigenvalue weighted by atomic mass is 10.2. The van der Waals surface area contributed by atoms with Gasteiger partial charge in [0.2, 0.25) is 0 Å². The van der Waals surface area contributed by atoms with Gasteiger partial charge < -0.3 is 10.1 Å². The molecule has 1 aromatic heterocycles. The number of aryl methyl sites for hydroxylation is 1. The van der Waals surface area contributed by atoms with Gasteiger partial charge in [-0.2, -0.15) is 0 Å². The Bertz CT molecular complexity index is 712. The number of rotatable bonds is 4. The third-order valence-corrected chi connectivity index (χ3v) is 4.07. The van der Waals surface area contributed by atoms with Crippen molar-refractivity contribution in [3.63, 3.8) is 0 Å². The first-order valence-corrected chi connectivity index (χ1v) is 7.25. The van der Waals surface area contributed by atoms with Gasteiger partial charge in [-0.3, -0.25) is 4.79 Å². The molecule has 2 rings (SSSR count). The molecule has 0 aliphatic carbocycles. The molecule has 110 valence electrons. The molecule has 1 heterocycles. The standard InChI is InChI=1S/C14H13ClN2O3S/c1-7-4-5-9(15)6-10(7)16-14-17-11(13(19)20-3)12(21-14)8(2)18/h4-6H,1-3H3,(H,16,17). The molecule has 5 nitrogen and oxygen atoms in total. The van der Waals surface area contributed by atoms with Crippen LogP contribution < -0.4 is 5.32 Å². The number of benzene rings is 1. The van der Waals surface area contributed by atoms with E-state index in [0.29, 0.717) is 10.2 Å². The Hall–Kier alpha value is -1.92. The van der Waals surface area contributed by atoms with Gasteiger partial charge in [0, 0.05) is 17.6 Å². The fourth-order valence-electron chi connectivity index (χ4n) is 1.69. The number of ether oxygens (including phenoxy) is 1. The van der Waals surface area contributed by atoms with Crippen molar-refractivity contribution < 1.29 is 14.3 Å². The Labute approximate surface area is 130 Å². The molecule has 0 unspecified atom stereocenters. The van der Waals surface area contributed by atoms with Crippen LogP contribution in [0.4, 0.5) is 10.8 Å². The molecule has 0 amide bonds. The zero-order chi connectivity index (χ0) is 15.6. The number of nitrogens with one attached hydrogen (secondary N) is 1. The summed E-state index contributed by atoms with van der Waals surface area (Å²) in [5.41, 5.74) is 1.76. The molecular formula is C14H13ClN2O3S. The molecule has 2 aromatic rings. The molecular weight excluding hydrogens is 312 g/mol. The van der Waals surface area contributed by atoms with E-state index in [1.165, 1.54) is 14.0 Å². The zero-order valence-electron chi connectivity index (χ0n) is 11.7. The lowest BCUT2D eigenvalue weighted by molar-refractivity contribution is 0.0591. The van der Waals surface area contributed by atoms with E-state index in [1.807, 2.05) is 13.0 Å². The maximum Gasteiger partial charge on any atom is 0.358 e. The van der Waals surface area contributed by atoms with Crippen LogP contribution in [0.3, 0.4) is 0 Å². The summed E-state index contributed by atoms with van der Waals surface area (Å²) in [7, 11) is 1.25. The number of carbonyl (C=O) groups is 2. The SMILES string of the molecule is COC(=O)c1nc(Nc2cc(Cl)ccc2C)sc1C(C)=O. The normalized spacial score (nSPS) is 10.3. The second-order valence-corrected chi connectivity index (χ2v) is 5.76. The van der Waals surface area contributed by atoms with Crippen LogP contribution in [0.1, 0.15) is 32.6 Å². The van der Waals surface area contributed by atoms with Crippen molar-refractivity contribution in [3.8, 4) is 0 Å². The largest absolute Gasteiger partial charge is 0.464 e. The number of hydrogen-bond acceptors (Lipinski definition) is 6. The van der Waals surface area contributed by atoms with Crippen molar-refractivity contribution in [3.05, 3.63) is 39.4 Å². The number of carbonyl (C=O) groups excluding carboxylic acids is 2. The minimum Gasteiger partial charge on any atom is -0.464 e. The second kappa shape index (κ2) is 6.24. The topological polar surface area (TPSA) is 68.3 Å². The zero-order valence-corrected chi connectivity index (χ0v) is 13.3. The maximum absolute atomic E-state index is 11.6. The highest BCUT2D eigenvalue weighted by Crippen LogP contribution is 2.29. The van der Waals surface area contributed by atoms with E-state index in [0.717, 1.165) is 22.6 Å². The first kappa shape index (κ1) is 15.5. The molecule has 7 heteroatoms. The van der Waals surface area contributed by atoms with Crippen molar-refractivity contribution in [1.82, 2.24) is 4.98 Å². The molecule has 21 heavy (non-hydrogen) atoms. The van der Waals surface area contributed by atoms with Gasteiger partial charge in [-0.25, -0.2) is 9.78 Å². The third kappa shape index (κ3) is 3.40. The van der Waals surface area contributed by atoms with Crippen LogP contribution in [-0.2, 0) is 4.74 Å². The molecule has 0 saturated carbocycles. The van der Waals surface area contributed by atoms with E-state index in [2.05, 4.69) is 15.0 Å². The molecule has 0 bridgehead atoms. The number of Topliss-reactive ketones (excluding diaryl/α,β-unsaturated/α-hetero) is 1. The molecule has 1 aromatic carbocycles. The Morgan fingerprint density at radius 3 is 2.71 bits per heavy atom. The van der Waals surface area contributed by atoms with Gasteiger partial charge in [0.1, 0.15) is 4.88 Å². The Kier molecular flexibility index (Phi) is 4.59. The smallest absolute Gasteiger partial charge is 0.358 e. The second-order valence-electron chi connectivity index (χ2n) is 4.33. The summed E-state index contributed by atoms with van der Waals surface area (Å²) < 4.78 is 4.64. The number of thiazole rings is 1. The minimum atomic E-state index is -0.632. The lowest BCUT2D eigenvalue weighted by Gasteiger charge is -2.06. The lowest BCUT2D eigenvalue weighted by Crippen LogP contribution is -2.07. The number of hydrogen-bond donors (Lipinski definition) is 1. The van der Waals surface area contributed by atoms with Crippen LogP contribution in [0.25, 0.3) is 0 Å². The molecule has 1 N–H and O–H groups in total. The van der Waals surface area contributed by atoms with Gasteiger partial charge in [-0.15, -0.1) is 0 Å². The number of esters is 1. The highest BCUT2D eigenvalue weighted by molar-refractivity contribution is 7.17. The molecule has 0 saturated heterocycles. The van der Waals surface area contributed by atoms with Crippen molar-refractivity contribution in [2.24, 2.45) is 0 Å². The van der Waals surface area contributed by atoms with E-state index < -0.39 is 5.97 Å². The minimum absolute atomic E-state index is 0.0252. The summed E-state index contributed by atoms with van der Waals surface area (Å²) >= 11 is 7.06. The predicted molar refractivity (Wildman–Crippen MR) is 82.9 cm³/mol. The van der Waals surface area contributed by atoms with Crippen LogP contribution in [0.5, 0.6) is 0 Å². The van der Waals surface area contributed by atoms with Crippen molar-refractivity contribution in [2.75, 3.05) is 12.4 Å². The van der Waals surface area contributed by atoms with Gasteiger partial charge in [0.25, 0.3) is 0 Å². The van der Waals surface area contributed by atoms with Gasteiger partial charge in [-0.1, -0.05) is 29.0 Å². The summed E-state index contributed by atoms with van der Waals surface area (Å²) in [5.74, 6) is -0.865. The summed E-state index contributed by atoms with van der Waals surface area (Å²) in [4.78, 5) is 27.6. The van der Waals surface area contributed by atoms with Crippen molar-refractivity contribution in [2.45, 2.75) is 13.8 Å². The summed E-state index contributed by atoms with van der Waals surface area (Å²) in [5, 5.41) is 4.09. The number of aromatic nitrogens is 1. The summed E-state index contributed by atoms with van der Waals surface area (Å²) in [6.45, 7) is 3.30. The molecule has 0 spiro atoms. The first-order valence-electron chi connectivity index (χ1n) is 6.05. The Balaban J connectivity index is 2.39. The average molecular weight is 325 g/mol. The quantitative estimate of drug-likeness (QED) is 0.683. The van der Waals surface area contributed by atoms with Crippen LogP contribution in [0.15, 0.2) is 18.2 Å². The summed E-state index contributed by atoms with van der Waals surface area (Å²) in [6.07, 6.45) is 0. The highest BCUT2D eigenvalue weighted by atomic mass is 35.5. The monoisotopic (exact) mass is 324 g/mol. The Morgan fingerprint density at radius 2 is 2.10 bits per heavy atom. The highest BCUT2D eigenvalue weighted by Gasteiger charge is 2.22. The molecule has 0 fully saturated rings. The molecule has 0 atom stereocenters. The maximum atomic E-state index is 11.6. The Morgan fingerprint density at radius 1 is 1.38 bits per heavy atom. The van der Waals surface area contributed by atoms with E-state index in [9.17, 15) is 9.59 Å². The molecule has 0 aliphatic rings. The first-order chi connectivity index (χ1) is 9.92. The van der Waals surface area contributed by atoms with E-state index >= 15 is 0 Å². The van der Waals surface area contributed by atoms with Gasteiger partial charge in [0.15, 0.2) is 16.6 Å². The third-order valence-electron chi connectivity index (χ3n) is 2.77. The fraction of sp³-hybridized carbons (Fsp3) is 0.214. The van der Waals surface area contributed by atoms with Crippen LogP contribution in [-0.4, -0.2) is 23.8 Å². The molecule has 0 radical (unpaired) electrons. The van der Waals surface area contributed by atoms with E-state index in [-0.39, 0.29) is 16.4 Å².